The summed E-state index contributed by atoms with van der Waals surface area (Å²) in [5, 5.41) is 16.3. The molecule has 0 saturated heterocycles. The van der Waals surface area contributed by atoms with E-state index in [0.29, 0.717) is 23.5 Å². The van der Waals surface area contributed by atoms with Gasteiger partial charge in [0.25, 0.3) is 11.8 Å². The monoisotopic (exact) mass is 367 g/mol. The van der Waals surface area contributed by atoms with Crippen molar-refractivity contribution < 1.29 is 9.59 Å². The highest BCUT2D eigenvalue weighted by Crippen LogP contribution is 2.19. The number of carbonyl (C=O) groups is 2. The minimum Gasteiger partial charge on any atom is -0.349 e. The molecular weight excluding hydrogens is 342 g/mol. The molecule has 1 aromatic heterocycles. The second-order valence-corrected chi connectivity index (χ2v) is 7.30. The molecular formula is C20H25N5O2. The first-order valence-electron chi connectivity index (χ1n) is 9.70. The second kappa shape index (κ2) is 7.92. The van der Waals surface area contributed by atoms with Crippen LogP contribution < -0.4 is 16.0 Å². The highest BCUT2D eigenvalue weighted by molar-refractivity contribution is 6.04. The van der Waals surface area contributed by atoms with Gasteiger partial charge in [-0.3, -0.25) is 14.7 Å². The summed E-state index contributed by atoms with van der Waals surface area (Å²) in [5.74, 6) is -0.289. The van der Waals surface area contributed by atoms with Crippen LogP contribution in [0.5, 0.6) is 0 Å². The predicted molar refractivity (Wildman–Crippen MR) is 103 cm³/mol. The van der Waals surface area contributed by atoms with Crippen molar-refractivity contribution in [2.24, 2.45) is 0 Å². The third kappa shape index (κ3) is 4.03. The van der Waals surface area contributed by atoms with Crippen LogP contribution in [0.25, 0.3) is 0 Å². The summed E-state index contributed by atoms with van der Waals surface area (Å²) in [6.07, 6.45) is 6.59. The normalized spacial score (nSPS) is 17.2. The van der Waals surface area contributed by atoms with E-state index in [1.54, 1.807) is 24.3 Å². The highest BCUT2D eigenvalue weighted by atomic mass is 16.2. The van der Waals surface area contributed by atoms with Crippen molar-refractivity contribution in [1.29, 1.82) is 0 Å². The molecule has 0 bridgehead atoms. The van der Waals surface area contributed by atoms with Crippen molar-refractivity contribution in [3.63, 3.8) is 0 Å². The van der Waals surface area contributed by atoms with Gasteiger partial charge in [-0.25, -0.2) is 0 Å². The maximum atomic E-state index is 12.5. The van der Waals surface area contributed by atoms with Crippen molar-refractivity contribution in [2.45, 2.75) is 51.1 Å². The van der Waals surface area contributed by atoms with Gasteiger partial charge in [0.1, 0.15) is 0 Å². The number of fused-ring (bicyclic) bond motifs is 1. The number of amides is 2. The quantitative estimate of drug-likeness (QED) is 0.667. The molecule has 0 spiro atoms. The Morgan fingerprint density at radius 3 is 2.59 bits per heavy atom. The Labute approximate surface area is 158 Å². The minimum atomic E-state index is -0.240. The summed E-state index contributed by atoms with van der Waals surface area (Å²) in [5.41, 5.74) is 3.64. The number of carbonyl (C=O) groups excluding carboxylic acids is 2. The van der Waals surface area contributed by atoms with Crippen LogP contribution in [0.3, 0.4) is 0 Å². The summed E-state index contributed by atoms with van der Waals surface area (Å²) in [7, 11) is 0. The van der Waals surface area contributed by atoms with Crippen LogP contribution >= 0.6 is 0 Å². The smallest absolute Gasteiger partial charge is 0.276 e. The van der Waals surface area contributed by atoms with Crippen LogP contribution in [0, 0.1) is 0 Å². The SMILES string of the molecule is O=C(NC1CCCCC1)c1ccc(NC(=O)c2n[nH]c3c2CNCC3)cc1. The van der Waals surface area contributed by atoms with Crippen molar-refractivity contribution in [3.05, 3.63) is 46.8 Å². The summed E-state index contributed by atoms with van der Waals surface area (Å²) in [4.78, 5) is 24.9. The summed E-state index contributed by atoms with van der Waals surface area (Å²) < 4.78 is 0. The van der Waals surface area contributed by atoms with Gasteiger partial charge in [-0.15, -0.1) is 0 Å². The molecule has 1 aliphatic carbocycles. The molecule has 1 saturated carbocycles. The fourth-order valence-corrected chi connectivity index (χ4v) is 3.82. The fraction of sp³-hybridized carbons (Fsp3) is 0.450. The number of anilines is 1. The average Bonchev–Trinajstić information content (AvgIpc) is 3.13. The van der Waals surface area contributed by atoms with E-state index >= 15 is 0 Å². The first kappa shape index (κ1) is 17.7. The van der Waals surface area contributed by atoms with E-state index in [1.807, 2.05) is 0 Å². The number of aromatic nitrogens is 2. The average molecular weight is 367 g/mol. The van der Waals surface area contributed by atoms with E-state index in [1.165, 1.54) is 19.3 Å². The third-order valence-electron chi connectivity index (χ3n) is 5.37. The van der Waals surface area contributed by atoms with Crippen molar-refractivity contribution in [1.82, 2.24) is 20.8 Å². The van der Waals surface area contributed by atoms with E-state index < -0.39 is 0 Å². The Hall–Kier alpha value is -2.67. The lowest BCUT2D eigenvalue weighted by Gasteiger charge is -2.22. The summed E-state index contributed by atoms with van der Waals surface area (Å²) in [6.45, 7) is 1.54. The zero-order chi connectivity index (χ0) is 18.6. The first-order valence-corrected chi connectivity index (χ1v) is 9.70. The van der Waals surface area contributed by atoms with E-state index in [4.69, 9.17) is 0 Å². The third-order valence-corrected chi connectivity index (χ3v) is 5.37. The number of nitrogens with one attached hydrogen (secondary N) is 4. The Morgan fingerprint density at radius 2 is 1.81 bits per heavy atom. The van der Waals surface area contributed by atoms with Crippen molar-refractivity contribution in [3.8, 4) is 0 Å². The molecule has 1 aromatic carbocycles. The van der Waals surface area contributed by atoms with Gasteiger partial charge in [0.15, 0.2) is 5.69 Å². The number of H-pyrrole nitrogens is 1. The maximum absolute atomic E-state index is 12.5. The molecule has 142 valence electrons. The standard InChI is InChI=1S/C20H25N5O2/c26-19(22-14-4-2-1-3-5-14)13-6-8-15(9-7-13)23-20(27)18-16-12-21-11-10-17(16)24-25-18/h6-9,14,21H,1-5,10-12H2,(H,22,26)(H,23,27)(H,24,25). The molecule has 4 rings (SSSR count). The largest absolute Gasteiger partial charge is 0.349 e. The van der Waals surface area contributed by atoms with Crippen LogP contribution in [0.4, 0.5) is 5.69 Å². The molecule has 0 radical (unpaired) electrons. The first-order chi connectivity index (χ1) is 13.2. The molecule has 4 N–H and O–H groups in total. The van der Waals surface area contributed by atoms with Gasteiger partial charge in [0, 0.05) is 48.1 Å². The van der Waals surface area contributed by atoms with Crippen LogP contribution in [0.2, 0.25) is 0 Å². The Bertz CT molecular complexity index is 821. The van der Waals surface area contributed by atoms with Crippen LogP contribution in [0.1, 0.15) is 64.2 Å². The summed E-state index contributed by atoms with van der Waals surface area (Å²) in [6, 6.07) is 7.28. The van der Waals surface area contributed by atoms with Crippen LogP contribution in [0.15, 0.2) is 24.3 Å². The van der Waals surface area contributed by atoms with Gasteiger partial charge in [-0.1, -0.05) is 19.3 Å². The number of hydrogen-bond acceptors (Lipinski definition) is 4. The number of hydrogen-bond donors (Lipinski definition) is 4. The van der Waals surface area contributed by atoms with Crippen LogP contribution in [-0.2, 0) is 13.0 Å². The Balaban J connectivity index is 1.38. The zero-order valence-electron chi connectivity index (χ0n) is 15.3. The number of benzene rings is 1. The van der Waals surface area contributed by atoms with Crippen molar-refractivity contribution in [2.75, 3.05) is 11.9 Å². The van der Waals surface area contributed by atoms with Gasteiger partial charge in [-0.05, 0) is 37.1 Å². The van der Waals surface area contributed by atoms with Gasteiger partial charge < -0.3 is 16.0 Å². The molecule has 1 fully saturated rings. The number of aromatic amines is 1. The lowest BCUT2D eigenvalue weighted by molar-refractivity contribution is 0.0927. The lowest BCUT2D eigenvalue weighted by Crippen LogP contribution is -2.36. The fourth-order valence-electron chi connectivity index (χ4n) is 3.82. The van der Waals surface area contributed by atoms with Gasteiger partial charge >= 0.3 is 0 Å². The number of rotatable bonds is 4. The van der Waals surface area contributed by atoms with Gasteiger partial charge in [-0.2, -0.15) is 5.10 Å². The second-order valence-electron chi connectivity index (χ2n) is 7.30. The molecule has 2 aliphatic rings. The maximum Gasteiger partial charge on any atom is 0.276 e. The minimum absolute atomic E-state index is 0.0489. The van der Waals surface area contributed by atoms with Crippen LogP contribution in [-0.4, -0.2) is 34.6 Å². The van der Waals surface area contributed by atoms with Gasteiger partial charge in [0.05, 0.1) is 0 Å². The highest BCUT2D eigenvalue weighted by Gasteiger charge is 2.22. The lowest BCUT2D eigenvalue weighted by atomic mass is 9.95. The zero-order valence-corrected chi connectivity index (χ0v) is 15.3. The van der Waals surface area contributed by atoms with Gasteiger partial charge in [0.2, 0.25) is 0 Å². The molecule has 2 heterocycles. The predicted octanol–water partition coefficient (Wildman–Crippen LogP) is 2.37. The van der Waals surface area contributed by atoms with E-state index in [9.17, 15) is 9.59 Å². The molecule has 2 amide bonds. The topological polar surface area (TPSA) is 98.9 Å². The molecule has 7 nitrogen and oxygen atoms in total. The Morgan fingerprint density at radius 1 is 1.04 bits per heavy atom. The molecule has 0 unspecified atom stereocenters. The van der Waals surface area contributed by atoms with E-state index in [2.05, 4.69) is 26.1 Å². The van der Waals surface area contributed by atoms with Crippen molar-refractivity contribution >= 4 is 17.5 Å². The van der Waals surface area contributed by atoms with E-state index in [0.717, 1.165) is 37.1 Å². The molecule has 2 aromatic rings. The molecule has 7 heteroatoms. The van der Waals surface area contributed by atoms with E-state index in [-0.39, 0.29) is 17.9 Å². The molecule has 0 atom stereocenters. The molecule has 27 heavy (non-hydrogen) atoms. The number of nitrogens with zero attached hydrogens (tertiary/aromatic N) is 1. The Kier molecular flexibility index (Phi) is 5.20. The summed E-state index contributed by atoms with van der Waals surface area (Å²) >= 11 is 0. The molecule has 1 aliphatic heterocycles.